The Morgan fingerprint density at radius 3 is 2.54 bits per heavy atom. The molecule has 7 nitrogen and oxygen atoms in total. The number of carbonyl (C=O) groups is 1. The van der Waals surface area contributed by atoms with E-state index >= 15 is 0 Å². The molecule has 0 saturated heterocycles. The molecule has 0 fully saturated rings. The van der Waals surface area contributed by atoms with E-state index in [1.807, 2.05) is 27.0 Å². The van der Waals surface area contributed by atoms with Gasteiger partial charge in [0.25, 0.3) is 5.69 Å². The van der Waals surface area contributed by atoms with Gasteiger partial charge in [0.15, 0.2) is 5.16 Å². The van der Waals surface area contributed by atoms with Crippen molar-refractivity contribution in [3.8, 4) is 0 Å². The average Bonchev–Trinajstić information content (AvgIpc) is 2.60. The molecule has 0 spiro atoms. The molecule has 0 aliphatic heterocycles. The summed E-state index contributed by atoms with van der Waals surface area (Å²) in [5, 5.41) is 14.5. The first-order valence-corrected chi connectivity index (χ1v) is 9.46. The maximum Gasteiger partial charge on any atom is 0.269 e. The molecule has 1 unspecified atom stereocenters. The van der Waals surface area contributed by atoms with Crippen LogP contribution < -0.4 is 5.32 Å². The molecular formula is C18H22N4O3S. The lowest BCUT2D eigenvalue weighted by molar-refractivity contribution is -0.384. The van der Waals surface area contributed by atoms with Gasteiger partial charge in [-0.15, -0.1) is 0 Å². The van der Waals surface area contributed by atoms with E-state index in [1.165, 1.54) is 23.9 Å². The maximum absolute atomic E-state index is 12.3. The van der Waals surface area contributed by atoms with Crippen molar-refractivity contribution in [1.82, 2.24) is 15.3 Å². The molecule has 26 heavy (non-hydrogen) atoms. The summed E-state index contributed by atoms with van der Waals surface area (Å²) in [6.07, 6.45) is 2.79. The number of hydrogen-bond donors (Lipinski definition) is 1. The highest BCUT2D eigenvalue weighted by Crippen LogP contribution is 2.20. The summed E-state index contributed by atoms with van der Waals surface area (Å²) in [4.78, 5) is 31.5. The molecule has 2 rings (SSSR count). The van der Waals surface area contributed by atoms with Crippen LogP contribution >= 0.6 is 11.8 Å². The fraction of sp³-hybridized carbons (Fsp3) is 0.389. The zero-order valence-corrected chi connectivity index (χ0v) is 16.1. The van der Waals surface area contributed by atoms with Gasteiger partial charge in [-0.1, -0.05) is 23.9 Å². The standard InChI is InChI=1S/C18H22N4O3S/c1-11(14-6-5-7-15(10-14)22(24)25)19-17(23)9-8-16-12(2)20-18(26-4)21-13(16)3/h5-7,10-11H,8-9H2,1-4H3,(H,19,23). The lowest BCUT2D eigenvalue weighted by Gasteiger charge is -2.15. The van der Waals surface area contributed by atoms with Gasteiger partial charge in [0.2, 0.25) is 5.91 Å². The fourth-order valence-electron chi connectivity index (χ4n) is 2.70. The number of nitro groups is 1. The van der Waals surface area contributed by atoms with E-state index in [1.54, 1.807) is 12.1 Å². The largest absolute Gasteiger partial charge is 0.350 e. The summed E-state index contributed by atoms with van der Waals surface area (Å²) in [6, 6.07) is 5.99. The molecule has 0 radical (unpaired) electrons. The number of rotatable bonds is 7. The zero-order valence-electron chi connectivity index (χ0n) is 15.3. The number of aromatic nitrogens is 2. The van der Waals surface area contributed by atoms with Gasteiger partial charge in [0.1, 0.15) is 0 Å². The Labute approximate surface area is 156 Å². The molecule has 0 aliphatic carbocycles. The number of benzene rings is 1. The Kier molecular flexibility index (Phi) is 6.68. The minimum Gasteiger partial charge on any atom is -0.350 e. The smallest absolute Gasteiger partial charge is 0.269 e. The highest BCUT2D eigenvalue weighted by atomic mass is 32.2. The van der Waals surface area contributed by atoms with Crippen LogP contribution in [0.3, 0.4) is 0 Å². The predicted molar refractivity (Wildman–Crippen MR) is 101 cm³/mol. The van der Waals surface area contributed by atoms with Crippen molar-refractivity contribution in [2.75, 3.05) is 6.26 Å². The minimum atomic E-state index is -0.443. The Morgan fingerprint density at radius 2 is 1.96 bits per heavy atom. The number of amides is 1. The lowest BCUT2D eigenvalue weighted by Crippen LogP contribution is -2.27. The second-order valence-electron chi connectivity index (χ2n) is 6.00. The van der Waals surface area contributed by atoms with Gasteiger partial charge in [-0.2, -0.15) is 0 Å². The lowest BCUT2D eigenvalue weighted by atomic mass is 10.1. The molecule has 2 aromatic rings. The number of carbonyl (C=O) groups excluding carboxylic acids is 1. The van der Waals surface area contributed by atoms with Crippen molar-refractivity contribution >= 4 is 23.4 Å². The van der Waals surface area contributed by atoms with E-state index in [4.69, 9.17) is 0 Å². The van der Waals surface area contributed by atoms with Gasteiger partial charge >= 0.3 is 0 Å². The zero-order chi connectivity index (χ0) is 19.3. The van der Waals surface area contributed by atoms with Crippen molar-refractivity contribution in [2.45, 2.75) is 44.8 Å². The van der Waals surface area contributed by atoms with Crippen LogP contribution in [0.15, 0.2) is 29.4 Å². The topological polar surface area (TPSA) is 98.0 Å². The third-order valence-corrected chi connectivity index (χ3v) is 4.69. The van der Waals surface area contributed by atoms with Crippen molar-refractivity contribution in [3.63, 3.8) is 0 Å². The first-order chi connectivity index (χ1) is 12.3. The van der Waals surface area contributed by atoms with Crippen LogP contribution in [-0.4, -0.2) is 27.1 Å². The van der Waals surface area contributed by atoms with Crippen LogP contribution in [0.25, 0.3) is 0 Å². The first-order valence-electron chi connectivity index (χ1n) is 8.23. The van der Waals surface area contributed by atoms with Crippen LogP contribution in [0.1, 0.15) is 41.9 Å². The summed E-state index contributed by atoms with van der Waals surface area (Å²) in [6.45, 7) is 5.66. The summed E-state index contributed by atoms with van der Waals surface area (Å²) < 4.78 is 0. The molecule has 0 saturated carbocycles. The quantitative estimate of drug-likeness (QED) is 0.344. The van der Waals surface area contributed by atoms with E-state index in [9.17, 15) is 14.9 Å². The van der Waals surface area contributed by atoms with Gasteiger partial charge in [0.05, 0.1) is 11.0 Å². The highest BCUT2D eigenvalue weighted by molar-refractivity contribution is 7.98. The summed E-state index contributed by atoms with van der Waals surface area (Å²) >= 11 is 1.49. The predicted octanol–water partition coefficient (Wildman–Crippen LogP) is 3.53. The molecule has 0 aliphatic rings. The fourth-order valence-corrected chi connectivity index (χ4v) is 3.16. The summed E-state index contributed by atoms with van der Waals surface area (Å²) in [7, 11) is 0. The van der Waals surface area contributed by atoms with Crippen LogP contribution in [0, 0.1) is 24.0 Å². The second-order valence-corrected chi connectivity index (χ2v) is 6.77. The molecule has 1 amide bonds. The molecule has 1 aromatic carbocycles. The third-order valence-electron chi connectivity index (χ3n) is 4.14. The summed E-state index contributed by atoms with van der Waals surface area (Å²) in [5.74, 6) is -0.114. The number of nitrogens with one attached hydrogen (secondary N) is 1. The molecular weight excluding hydrogens is 352 g/mol. The number of nitro benzene ring substituents is 1. The van der Waals surface area contributed by atoms with Crippen LogP contribution in [0.2, 0.25) is 0 Å². The SMILES string of the molecule is CSc1nc(C)c(CCC(=O)NC(C)c2cccc([N+](=O)[O-])c2)c(C)n1. The summed E-state index contributed by atoms with van der Waals surface area (Å²) in [5.41, 5.74) is 3.48. The van der Waals surface area contributed by atoms with Gasteiger partial charge < -0.3 is 5.32 Å². The molecule has 138 valence electrons. The Balaban J connectivity index is 1.99. The average molecular weight is 374 g/mol. The normalized spacial score (nSPS) is 11.8. The maximum atomic E-state index is 12.3. The van der Waals surface area contributed by atoms with E-state index in [2.05, 4.69) is 15.3 Å². The number of hydrogen-bond acceptors (Lipinski definition) is 6. The molecule has 0 bridgehead atoms. The molecule has 1 N–H and O–H groups in total. The third kappa shape index (κ3) is 5.01. The number of aryl methyl sites for hydroxylation is 2. The molecule has 1 atom stereocenters. The van der Waals surface area contributed by atoms with Gasteiger partial charge in [-0.05, 0) is 44.6 Å². The van der Waals surface area contributed by atoms with Crippen molar-refractivity contribution in [3.05, 3.63) is 56.9 Å². The highest BCUT2D eigenvalue weighted by Gasteiger charge is 2.15. The number of nitrogens with zero attached hydrogens (tertiary/aromatic N) is 3. The molecule has 1 aromatic heterocycles. The second kappa shape index (κ2) is 8.75. The van der Waals surface area contributed by atoms with Crippen LogP contribution in [0.5, 0.6) is 0 Å². The van der Waals surface area contributed by atoms with Crippen molar-refractivity contribution < 1.29 is 9.72 Å². The van der Waals surface area contributed by atoms with Crippen molar-refractivity contribution in [2.24, 2.45) is 0 Å². The first kappa shape index (κ1) is 19.8. The van der Waals surface area contributed by atoms with Crippen LogP contribution in [0.4, 0.5) is 5.69 Å². The van der Waals surface area contributed by atoms with Gasteiger partial charge in [-0.25, -0.2) is 9.97 Å². The number of thioether (sulfide) groups is 1. The van der Waals surface area contributed by atoms with E-state index in [0.717, 1.165) is 22.1 Å². The number of non-ortho nitro benzene ring substituents is 1. The Morgan fingerprint density at radius 1 is 1.31 bits per heavy atom. The van der Waals surface area contributed by atoms with Crippen LogP contribution in [-0.2, 0) is 11.2 Å². The van der Waals surface area contributed by atoms with E-state index in [-0.39, 0.29) is 17.6 Å². The van der Waals surface area contributed by atoms with Gasteiger partial charge in [0, 0.05) is 29.9 Å². The molecule has 1 heterocycles. The van der Waals surface area contributed by atoms with E-state index < -0.39 is 4.92 Å². The Bertz CT molecular complexity index is 803. The van der Waals surface area contributed by atoms with Gasteiger partial charge in [-0.3, -0.25) is 14.9 Å². The minimum absolute atomic E-state index is 0.0147. The Hall–Kier alpha value is -2.48. The molecule has 8 heteroatoms. The van der Waals surface area contributed by atoms with E-state index in [0.29, 0.717) is 18.4 Å². The van der Waals surface area contributed by atoms with Crippen molar-refractivity contribution in [1.29, 1.82) is 0 Å². The monoisotopic (exact) mass is 374 g/mol.